The molecule has 0 heterocycles. The molecule has 0 saturated carbocycles. The van der Waals surface area contributed by atoms with Crippen molar-refractivity contribution in [3.05, 3.63) is 130 Å². The van der Waals surface area contributed by atoms with Crippen molar-refractivity contribution in [3.8, 4) is 11.1 Å². The van der Waals surface area contributed by atoms with E-state index >= 15 is 17.6 Å². The quantitative estimate of drug-likeness (QED) is 0.266. The number of hydrogen-bond acceptors (Lipinski definition) is 0. The Morgan fingerprint density at radius 2 is 0.970 bits per heavy atom. The van der Waals surface area contributed by atoms with E-state index in [4.69, 9.17) is 0 Å². The average molecular weight is 456 g/mol. The molecule has 4 rings (SSSR count). The van der Waals surface area contributed by atoms with Gasteiger partial charge in [0.15, 0.2) is 0 Å². The molecule has 0 unspecified atom stereocenters. The zero-order valence-corrected chi connectivity index (χ0v) is 17.4. The largest absolute Gasteiger partial charge is 0.302 e. The number of aryl methyl sites for hydroxylation is 1. The molecule has 0 atom stereocenters. The van der Waals surface area contributed by atoms with E-state index in [1.165, 1.54) is 55.5 Å². The van der Waals surface area contributed by atoms with E-state index in [1.54, 1.807) is 18.2 Å². The highest BCUT2D eigenvalue weighted by molar-refractivity contribution is 5.73. The van der Waals surface area contributed by atoms with Crippen LogP contribution in [0.25, 0.3) is 11.1 Å². The average Bonchev–Trinajstić information content (AvgIpc) is 2.79. The van der Waals surface area contributed by atoms with Crippen LogP contribution < -0.4 is 0 Å². The first-order chi connectivity index (χ1) is 15.7. The molecule has 0 fully saturated rings. The van der Waals surface area contributed by atoms with Crippen molar-refractivity contribution in [1.29, 1.82) is 0 Å². The number of rotatable bonds is 5. The molecule has 4 aromatic rings. The van der Waals surface area contributed by atoms with E-state index in [1.807, 2.05) is 0 Å². The predicted molar refractivity (Wildman–Crippen MR) is 115 cm³/mol. The SMILES string of the molecule is Cc1ccc(-c2ccccc2)c(C(F)(F)c2ccccc2F)c1C(F)(F)c1ccccc1F. The van der Waals surface area contributed by atoms with Crippen molar-refractivity contribution in [1.82, 2.24) is 0 Å². The van der Waals surface area contributed by atoms with Gasteiger partial charge in [-0.25, -0.2) is 8.78 Å². The lowest BCUT2D eigenvalue weighted by Crippen LogP contribution is -2.28. The van der Waals surface area contributed by atoms with Gasteiger partial charge < -0.3 is 0 Å². The van der Waals surface area contributed by atoms with Gasteiger partial charge in [-0.2, -0.15) is 17.6 Å². The molecule has 4 aromatic carbocycles. The summed E-state index contributed by atoms with van der Waals surface area (Å²) in [5, 5.41) is 0. The summed E-state index contributed by atoms with van der Waals surface area (Å²) in [6.45, 7) is 1.25. The minimum atomic E-state index is -4.15. The Labute approximate surface area is 187 Å². The molecule has 0 amide bonds. The van der Waals surface area contributed by atoms with Crippen LogP contribution in [-0.4, -0.2) is 0 Å². The van der Waals surface area contributed by atoms with E-state index < -0.39 is 45.7 Å². The summed E-state index contributed by atoms with van der Waals surface area (Å²) in [7, 11) is 0. The molecule has 0 spiro atoms. The van der Waals surface area contributed by atoms with Crippen LogP contribution in [0.5, 0.6) is 0 Å². The van der Waals surface area contributed by atoms with Gasteiger partial charge in [0.1, 0.15) is 11.6 Å². The van der Waals surface area contributed by atoms with Crippen LogP contribution in [0.1, 0.15) is 27.8 Å². The molecule has 0 radical (unpaired) electrons. The maximum Gasteiger partial charge on any atom is 0.302 e. The molecule has 0 aromatic heterocycles. The Morgan fingerprint density at radius 1 is 0.515 bits per heavy atom. The smallest absolute Gasteiger partial charge is 0.206 e. The van der Waals surface area contributed by atoms with Crippen LogP contribution >= 0.6 is 0 Å². The van der Waals surface area contributed by atoms with Gasteiger partial charge in [0.2, 0.25) is 0 Å². The fraction of sp³-hybridized carbons (Fsp3) is 0.111. The summed E-state index contributed by atoms with van der Waals surface area (Å²) < 4.78 is 92.6. The summed E-state index contributed by atoms with van der Waals surface area (Å²) in [5.41, 5.74) is -4.32. The third-order valence-corrected chi connectivity index (χ3v) is 5.55. The monoisotopic (exact) mass is 456 g/mol. The third kappa shape index (κ3) is 3.90. The van der Waals surface area contributed by atoms with Crippen molar-refractivity contribution in [2.24, 2.45) is 0 Å². The number of alkyl halides is 4. The molecule has 168 valence electrons. The van der Waals surface area contributed by atoms with E-state index in [0.29, 0.717) is 0 Å². The fourth-order valence-corrected chi connectivity index (χ4v) is 4.00. The number of hydrogen-bond donors (Lipinski definition) is 0. The van der Waals surface area contributed by atoms with Crippen LogP contribution in [0.15, 0.2) is 91.0 Å². The van der Waals surface area contributed by atoms with Gasteiger partial charge in [-0.1, -0.05) is 66.7 Å². The zero-order chi connectivity index (χ0) is 23.8. The lowest BCUT2D eigenvalue weighted by Gasteiger charge is -2.30. The van der Waals surface area contributed by atoms with Crippen LogP contribution in [0.3, 0.4) is 0 Å². The van der Waals surface area contributed by atoms with E-state index in [2.05, 4.69) is 0 Å². The molecule has 6 heteroatoms. The lowest BCUT2D eigenvalue weighted by atomic mass is 9.82. The molecule has 0 bridgehead atoms. The lowest BCUT2D eigenvalue weighted by molar-refractivity contribution is 0.0115. The summed E-state index contributed by atoms with van der Waals surface area (Å²) in [5.74, 6) is -10.7. The molecule has 0 saturated heterocycles. The third-order valence-electron chi connectivity index (χ3n) is 5.55. The number of halogens is 6. The molecular weight excluding hydrogens is 438 g/mol. The van der Waals surface area contributed by atoms with Gasteiger partial charge in [-0.15, -0.1) is 0 Å². The van der Waals surface area contributed by atoms with Gasteiger partial charge in [0.05, 0.1) is 11.1 Å². The summed E-state index contributed by atoms with van der Waals surface area (Å²) >= 11 is 0. The second-order valence-corrected chi connectivity index (χ2v) is 7.65. The Balaban J connectivity index is 2.12. The highest BCUT2D eigenvalue weighted by atomic mass is 19.3. The van der Waals surface area contributed by atoms with Crippen LogP contribution in [-0.2, 0) is 11.8 Å². The molecular formula is C27H18F6. The van der Waals surface area contributed by atoms with Gasteiger partial charge in [-0.05, 0) is 47.9 Å². The van der Waals surface area contributed by atoms with E-state index in [9.17, 15) is 8.78 Å². The summed E-state index contributed by atoms with van der Waals surface area (Å²) in [4.78, 5) is 0. The van der Waals surface area contributed by atoms with E-state index in [-0.39, 0.29) is 16.7 Å². The first-order valence-corrected chi connectivity index (χ1v) is 10.1. The molecule has 0 N–H and O–H groups in total. The van der Waals surface area contributed by atoms with Crippen molar-refractivity contribution in [3.63, 3.8) is 0 Å². The molecule has 0 aliphatic carbocycles. The summed E-state index contributed by atoms with van der Waals surface area (Å²) in [6, 6.07) is 18.7. The fourth-order valence-electron chi connectivity index (χ4n) is 4.00. The van der Waals surface area contributed by atoms with Crippen LogP contribution in [0.2, 0.25) is 0 Å². The second-order valence-electron chi connectivity index (χ2n) is 7.65. The molecule has 0 nitrogen and oxygen atoms in total. The van der Waals surface area contributed by atoms with Gasteiger partial charge in [0, 0.05) is 11.1 Å². The van der Waals surface area contributed by atoms with Crippen molar-refractivity contribution in [2.45, 2.75) is 18.8 Å². The number of benzene rings is 4. The second kappa shape index (κ2) is 8.43. The minimum absolute atomic E-state index is 0.172. The molecule has 0 aliphatic heterocycles. The van der Waals surface area contributed by atoms with E-state index in [0.717, 1.165) is 24.3 Å². The normalized spacial score (nSPS) is 12.1. The van der Waals surface area contributed by atoms with Gasteiger partial charge in [-0.3, -0.25) is 0 Å². The summed E-state index contributed by atoms with van der Waals surface area (Å²) in [6.07, 6.45) is 0. The molecule has 33 heavy (non-hydrogen) atoms. The van der Waals surface area contributed by atoms with Gasteiger partial charge in [0.25, 0.3) is 0 Å². The zero-order valence-electron chi connectivity index (χ0n) is 17.4. The Bertz CT molecular complexity index is 1300. The first-order valence-electron chi connectivity index (χ1n) is 10.1. The van der Waals surface area contributed by atoms with Crippen LogP contribution in [0.4, 0.5) is 26.3 Å². The molecule has 0 aliphatic rings. The Morgan fingerprint density at radius 3 is 1.48 bits per heavy atom. The highest BCUT2D eigenvalue weighted by Gasteiger charge is 2.49. The maximum absolute atomic E-state index is 16.0. The highest BCUT2D eigenvalue weighted by Crippen LogP contribution is 2.50. The predicted octanol–water partition coefficient (Wildman–Crippen LogP) is 8.22. The van der Waals surface area contributed by atoms with Crippen molar-refractivity contribution < 1.29 is 26.3 Å². The Kier molecular flexibility index (Phi) is 5.78. The first kappa shape index (κ1) is 22.6. The Hall–Kier alpha value is -3.54. The van der Waals surface area contributed by atoms with Crippen molar-refractivity contribution in [2.75, 3.05) is 0 Å². The van der Waals surface area contributed by atoms with Crippen LogP contribution in [0, 0.1) is 18.6 Å². The standard InChI is InChI=1S/C27H18F6/c1-17-15-16-19(18-9-3-2-4-10-18)25(27(32,33)21-12-6-8-14-23(21)29)24(17)26(30,31)20-11-5-7-13-22(20)28/h2-16H,1H3. The maximum atomic E-state index is 16.0. The van der Waals surface area contributed by atoms with Crippen molar-refractivity contribution >= 4 is 0 Å². The van der Waals surface area contributed by atoms with Gasteiger partial charge >= 0.3 is 11.8 Å². The topological polar surface area (TPSA) is 0 Å². The minimum Gasteiger partial charge on any atom is -0.206 e.